The molecule has 0 spiro atoms. The first-order valence-corrected chi connectivity index (χ1v) is 11.0. The highest BCUT2D eigenvalue weighted by Gasteiger charge is 2.49. The summed E-state index contributed by atoms with van der Waals surface area (Å²) < 4.78 is 31.6. The van der Waals surface area contributed by atoms with Crippen molar-refractivity contribution in [3.63, 3.8) is 0 Å². The van der Waals surface area contributed by atoms with Gasteiger partial charge in [-0.2, -0.15) is 0 Å². The average molecular weight is 518 g/mol. The van der Waals surface area contributed by atoms with Gasteiger partial charge in [-0.1, -0.05) is 0 Å². The molecule has 10 N–H and O–H groups in total. The van der Waals surface area contributed by atoms with Crippen LogP contribution in [0.5, 0.6) is 0 Å². The largest absolute Gasteiger partial charge is 0.394 e. The minimum absolute atomic E-state index is 0.490. The Labute approximate surface area is 199 Å². The maximum Gasteiger partial charge on any atom is 0.186 e. The van der Waals surface area contributed by atoms with Crippen LogP contribution in [0.2, 0.25) is 0 Å². The molecule has 0 aromatic rings. The molecule has 0 aromatic carbocycles. The minimum atomic E-state index is -1.77. The molecule has 16 heteroatoms. The molecule has 0 radical (unpaired) electrons. The van der Waals surface area contributed by atoms with Gasteiger partial charge in [0, 0.05) is 7.11 Å². The Kier molecular flexibility index (Phi) is 10.1. The number of hydrogen-bond acceptors (Lipinski definition) is 16. The summed E-state index contributed by atoms with van der Waals surface area (Å²) in [6, 6.07) is 0. The Bertz CT molecular complexity index is 600. The van der Waals surface area contributed by atoms with Gasteiger partial charge in [-0.3, -0.25) is 0 Å². The first-order chi connectivity index (χ1) is 16.5. The fourth-order valence-corrected chi connectivity index (χ4v) is 4.03. The van der Waals surface area contributed by atoms with Crippen molar-refractivity contribution in [1.29, 1.82) is 0 Å². The highest BCUT2D eigenvalue weighted by molar-refractivity contribution is 4.93. The van der Waals surface area contributed by atoms with E-state index in [1.54, 1.807) is 0 Å². The molecule has 0 aliphatic carbocycles. The highest BCUT2D eigenvalue weighted by Crippen LogP contribution is 2.27. The summed E-state index contributed by atoms with van der Waals surface area (Å²) in [5.74, 6) is 0. The maximum absolute atomic E-state index is 10.3. The van der Waals surface area contributed by atoms with E-state index in [4.69, 9.17) is 28.4 Å². The Balaban J connectivity index is 1.59. The van der Waals surface area contributed by atoms with E-state index < -0.39 is 112 Å². The fourth-order valence-electron chi connectivity index (χ4n) is 4.03. The van der Waals surface area contributed by atoms with Crippen LogP contribution in [0.15, 0.2) is 0 Å². The summed E-state index contributed by atoms with van der Waals surface area (Å²) >= 11 is 0. The lowest BCUT2D eigenvalue weighted by Crippen LogP contribution is -2.62. The zero-order chi connectivity index (χ0) is 26.0. The van der Waals surface area contributed by atoms with Crippen molar-refractivity contribution >= 4 is 0 Å². The molecule has 0 bridgehead atoms. The molecule has 3 saturated heterocycles. The van der Waals surface area contributed by atoms with Crippen LogP contribution in [0.1, 0.15) is 0 Å². The second-order valence-electron chi connectivity index (χ2n) is 8.63. The van der Waals surface area contributed by atoms with E-state index in [-0.39, 0.29) is 0 Å². The zero-order valence-corrected chi connectivity index (χ0v) is 18.7. The number of methoxy groups -OCH3 is 1. The van der Waals surface area contributed by atoms with E-state index >= 15 is 0 Å². The van der Waals surface area contributed by atoms with Gasteiger partial charge in [0.1, 0.15) is 73.2 Å². The predicted octanol–water partition coefficient (Wildman–Crippen LogP) is -6.92. The van der Waals surface area contributed by atoms with E-state index in [9.17, 15) is 51.1 Å². The van der Waals surface area contributed by atoms with Gasteiger partial charge < -0.3 is 79.5 Å². The standard InChI is InChI=1S/C19H34O16/c1-30-17-14(27)12(25)9(22)6(34-17)3-32-19-16(29)13(26)10(23)7(35-19)4-31-18-15(28)11(24)8(21)5(2-20)33-18/h5-29H,2-4H2,1H3/t5-,6-,7-,8-,9-,10-,11+,12+,13+,14+,15+,16+,17-,18+,19+/m1/s1. The number of rotatable bonds is 8. The van der Waals surface area contributed by atoms with Gasteiger partial charge in [-0.05, 0) is 0 Å². The quantitative estimate of drug-likeness (QED) is 0.143. The van der Waals surface area contributed by atoms with E-state index in [0.717, 1.165) is 0 Å². The van der Waals surface area contributed by atoms with Crippen molar-refractivity contribution in [3.05, 3.63) is 0 Å². The van der Waals surface area contributed by atoms with Crippen molar-refractivity contribution in [1.82, 2.24) is 0 Å². The summed E-state index contributed by atoms with van der Waals surface area (Å²) in [5, 5.41) is 99.5. The lowest BCUT2D eigenvalue weighted by molar-refractivity contribution is -0.341. The molecular weight excluding hydrogens is 484 g/mol. The highest BCUT2D eigenvalue weighted by atomic mass is 16.7. The molecule has 0 amide bonds. The van der Waals surface area contributed by atoms with Gasteiger partial charge in [-0.15, -0.1) is 0 Å². The molecule has 0 unspecified atom stereocenters. The van der Waals surface area contributed by atoms with Crippen LogP contribution >= 0.6 is 0 Å². The summed E-state index contributed by atoms with van der Waals surface area (Å²) in [5.41, 5.74) is 0. The number of hydrogen-bond donors (Lipinski definition) is 10. The molecule has 16 nitrogen and oxygen atoms in total. The lowest BCUT2D eigenvalue weighted by Gasteiger charge is -2.43. The van der Waals surface area contributed by atoms with E-state index in [1.165, 1.54) is 7.11 Å². The van der Waals surface area contributed by atoms with Crippen LogP contribution in [0, 0.1) is 0 Å². The Morgan fingerprint density at radius 1 is 0.486 bits per heavy atom. The van der Waals surface area contributed by atoms with Gasteiger partial charge in [-0.25, -0.2) is 0 Å². The molecule has 3 aliphatic rings. The van der Waals surface area contributed by atoms with Crippen LogP contribution in [0.3, 0.4) is 0 Å². The van der Waals surface area contributed by atoms with Crippen molar-refractivity contribution in [3.8, 4) is 0 Å². The van der Waals surface area contributed by atoms with Crippen molar-refractivity contribution < 1.29 is 79.5 Å². The average Bonchev–Trinajstić information content (AvgIpc) is 2.85. The third-order valence-corrected chi connectivity index (χ3v) is 6.27. The normalized spacial score (nSPS) is 51.3. The van der Waals surface area contributed by atoms with Crippen LogP contribution in [0.25, 0.3) is 0 Å². The second-order valence-corrected chi connectivity index (χ2v) is 8.63. The van der Waals surface area contributed by atoms with Crippen molar-refractivity contribution in [2.45, 2.75) is 92.1 Å². The molecular formula is C19H34O16. The summed E-state index contributed by atoms with van der Waals surface area (Å²) in [6.45, 7) is -1.72. The van der Waals surface area contributed by atoms with Crippen LogP contribution < -0.4 is 0 Å². The number of ether oxygens (including phenoxy) is 6. The van der Waals surface area contributed by atoms with Gasteiger partial charge in [0.15, 0.2) is 18.9 Å². The second kappa shape index (κ2) is 12.3. The van der Waals surface area contributed by atoms with Crippen molar-refractivity contribution in [2.75, 3.05) is 26.9 Å². The van der Waals surface area contributed by atoms with E-state index in [1.807, 2.05) is 0 Å². The monoisotopic (exact) mass is 518 g/mol. The van der Waals surface area contributed by atoms with Gasteiger partial charge in [0.2, 0.25) is 0 Å². The maximum atomic E-state index is 10.3. The van der Waals surface area contributed by atoms with Crippen LogP contribution in [-0.2, 0) is 28.4 Å². The zero-order valence-electron chi connectivity index (χ0n) is 18.7. The Hall–Kier alpha value is -0.640. The molecule has 3 fully saturated rings. The third kappa shape index (κ3) is 6.10. The van der Waals surface area contributed by atoms with Crippen LogP contribution in [0.4, 0.5) is 0 Å². The minimum Gasteiger partial charge on any atom is -0.394 e. The summed E-state index contributed by atoms with van der Waals surface area (Å²) in [4.78, 5) is 0. The molecule has 3 aliphatic heterocycles. The molecule has 0 saturated carbocycles. The Morgan fingerprint density at radius 2 is 0.829 bits per heavy atom. The van der Waals surface area contributed by atoms with Crippen molar-refractivity contribution in [2.24, 2.45) is 0 Å². The van der Waals surface area contributed by atoms with Crippen LogP contribution in [-0.4, -0.2) is 170 Å². The third-order valence-electron chi connectivity index (χ3n) is 6.27. The topological polar surface area (TPSA) is 258 Å². The van der Waals surface area contributed by atoms with E-state index in [0.29, 0.717) is 0 Å². The molecule has 0 aromatic heterocycles. The fraction of sp³-hybridized carbons (Fsp3) is 1.00. The molecule has 3 heterocycles. The first kappa shape index (κ1) is 28.9. The molecule has 15 atom stereocenters. The van der Waals surface area contributed by atoms with Gasteiger partial charge in [0.05, 0.1) is 19.8 Å². The predicted molar refractivity (Wildman–Crippen MR) is 106 cm³/mol. The van der Waals surface area contributed by atoms with Gasteiger partial charge in [0.25, 0.3) is 0 Å². The number of aliphatic hydroxyl groups is 10. The molecule has 206 valence electrons. The first-order valence-electron chi connectivity index (χ1n) is 11.0. The molecule has 35 heavy (non-hydrogen) atoms. The number of aliphatic hydroxyl groups excluding tert-OH is 10. The Morgan fingerprint density at radius 3 is 1.23 bits per heavy atom. The SMILES string of the molecule is CO[C@@H]1O[C@H](CO[C@H]2O[C@H](CO[C@H]3O[C@H](CO)[C@@H](O)[C@H](O)[C@@H]3O)[C@@H](O)[C@H](O)[C@@H]2O)[C@@H](O)[C@H](O)[C@@H]1O. The van der Waals surface area contributed by atoms with E-state index in [2.05, 4.69) is 0 Å². The lowest BCUT2D eigenvalue weighted by atomic mass is 9.98. The summed E-state index contributed by atoms with van der Waals surface area (Å²) in [7, 11) is 1.21. The smallest absolute Gasteiger partial charge is 0.186 e. The summed E-state index contributed by atoms with van der Waals surface area (Å²) in [6.07, 6.45) is -23.1. The van der Waals surface area contributed by atoms with Gasteiger partial charge >= 0.3 is 0 Å². The molecule has 3 rings (SSSR count).